The zero-order valence-electron chi connectivity index (χ0n) is 11.4. The van der Waals surface area contributed by atoms with E-state index in [4.69, 9.17) is 4.43 Å². The summed E-state index contributed by atoms with van der Waals surface area (Å²) in [5.74, 6) is -3.64. The van der Waals surface area contributed by atoms with E-state index in [9.17, 15) is 22.8 Å². The Kier molecular flexibility index (Phi) is 5.57. The normalized spacial score (nSPS) is 15.6. The molecule has 0 spiro atoms. The second-order valence-corrected chi connectivity index (χ2v) is 9.03. The molecule has 0 radical (unpaired) electrons. The lowest BCUT2D eigenvalue weighted by atomic mass is 10.0. The summed E-state index contributed by atoms with van der Waals surface area (Å²) < 4.78 is 52.9. The van der Waals surface area contributed by atoms with Crippen molar-refractivity contribution in [1.29, 1.82) is 0 Å². The standard InChI is InChI=1S/C10H17F3O5Si/c1-6-17-8(15)9(7(14)16-2,10(11,12)13)18-19(3,4)5/h6H2,1-5H3. The number of rotatable bonds is 5. The maximum Gasteiger partial charge on any atom is 0.438 e. The molecule has 112 valence electrons. The molecular formula is C10H17F3O5Si. The number of methoxy groups -OCH3 is 1. The van der Waals surface area contributed by atoms with Crippen molar-refractivity contribution in [2.24, 2.45) is 0 Å². The van der Waals surface area contributed by atoms with Crippen LogP contribution in [0.2, 0.25) is 19.6 Å². The van der Waals surface area contributed by atoms with E-state index in [1.54, 1.807) is 0 Å². The van der Waals surface area contributed by atoms with Gasteiger partial charge in [0, 0.05) is 0 Å². The van der Waals surface area contributed by atoms with Crippen LogP contribution in [0.5, 0.6) is 0 Å². The molecule has 0 heterocycles. The molecular weight excluding hydrogens is 285 g/mol. The molecule has 0 amide bonds. The molecule has 0 fully saturated rings. The van der Waals surface area contributed by atoms with Gasteiger partial charge in [0.1, 0.15) is 0 Å². The predicted octanol–water partition coefficient (Wildman–Crippen LogP) is 1.88. The van der Waals surface area contributed by atoms with Gasteiger partial charge in [-0.3, -0.25) is 0 Å². The predicted molar refractivity (Wildman–Crippen MR) is 61.9 cm³/mol. The second-order valence-electron chi connectivity index (χ2n) is 4.61. The van der Waals surface area contributed by atoms with Crippen LogP contribution in [0.25, 0.3) is 0 Å². The Bertz CT molecular complexity index is 350. The Morgan fingerprint density at radius 1 is 1.11 bits per heavy atom. The Balaban J connectivity index is 5.89. The van der Waals surface area contributed by atoms with Crippen LogP contribution >= 0.6 is 0 Å². The van der Waals surface area contributed by atoms with Gasteiger partial charge in [-0.15, -0.1) is 0 Å². The molecule has 0 bridgehead atoms. The molecule has 0 aliphatic heterocycles. The lowest BCUT2D eigenvalue weighted by Crippen LogP contribution is -2.64. The lowest BCUT2D eigenvalue weighted by molar-refractivity contribution is -0.257. The van der Waals surface area contributed by atoms with Gasteiger partial charge in [0.2, 0.25) is 0 Å². The molecule has 0 saturated heterocycles. The molecule has 0 aliphatic carbocycles. The van der Waals surface area contributed by atoms with Crippen LogP contribution in [0.4, 0.5) is 13.2 Å². The van der Waals surface area contributed by atoms with Gasteiger partial charge in [-0.05, 0) is 26.6 Å². The van der Waals surface area contributed by atoms with Crippen LogP contribution in [0.1, 0.15) is 6.92 Å². The van der Waals surface area contributed by atoms with E-state index in [-0.39, 0.29) is 6.61 Å². The molecule has 0 aromatic rings. The summed E-state index contributed by atoms with van der Waals surface area (Å²) in [5.41, 5.74) is -3.72. The average Bonchev–Trinajstić information content (AvgIpc) is 2.22. The fourth-order valence-electron chi connectivity index (χ4n) is 1.29. The van der Waals surface area contributed by atoms with Gasteiger partial charge in [0.25, 0.3) is 0 Å². The summed E-state index contributed by atoms with van der Waals surface area (Å²) >= 11 is 0. The maximum atomic E-state index is 13.2. The van der Waals surface area contributed by atoms with E-state index in [0.717, 1.165) is 7.11 Å². The minimum Gasteiger partial charge on any atom is -0.466 e. The summed E-state index contributed by atoms with van der Waals surface area (Å²) in [6, 6.07) is 0. The minimum absolute atomic E-state index is 0.317. The van der Waals surface area contributed by atoms with E-state index in [0.29, 0.717) is 0 Å². The number of esters is 2. The van der Waals surface area contributed by atoms with Crippen molar-refractivity contribution < 1.29 is 36.7 Å². The van der Waals surface area contributed by atoms with Gasteiger partial charge in [-0.1, -0.05) is 0 Å². The van der Waals surface area contributed by atoms with E-state index in [1.807, 2.05) is 0 Å². The minimum atomic E-state index is -5.27. The first-order chi connectivity index (χ1) is 8.42. The van der Waals surface area contributed by atoms with E-state index >= 15 is 0 Å². The van der Waals surface area contributed by atoms with Crippen LogP contribution in [0, 0.1) is 0 Å². The number of carbonyl (C=O) groups is 2. The van der Waals surface area contributed by atoms with Gasteiger partial charge in [-0.2, -0.15) is 13.2 Å². The molecule has 19 heavy (non-hydrogen) atoms. The van der Waals surface area contributed by atoms with Crippen molar-refractivity contribution in [1.82, 2.24) is 0 Å². The van der Waals surface area contributed by atoms with Gasteiger partial charge >= 0.3 is 23.7 Å². The molecule has 5 nitrogen and oxygen atoms in total. The number of halogens is 3. The molecule has 0 saturated carbocycles. The third-order valence-electron chi connectivity index (χ3n) is 1.89. The molecule has 1 atom stereocenters. The SMILES string of the molecule is CCOC(=O)C(O[Si](C)(C)C)(C(=O)OC)C(F)(F)F. The molecule has 9 heteroatoms. The van der Waals surface area contributed by atoms with Crippen molar-refractivity contribution in [2.45, 2.75) is 38.3 Å². The summed E-state index contributed by atoms with van der Waals surface area (Å²) in [5, 5.41) is 0. The van der Waals surface area contributed by atoms with Crippen LogP contribution in [-0.2, 0) is 23.5 Å². The number of alkyl halides is 3. The van der Waals surface area contributed by atoms with E-state index in [1.165, 1.54) is 26.6 Å². The number of hydrogen-bond donors (Lipinski definition) is 0. The molecule has 1 unspecified atom stereocenters. The van der Waals surface area contributed by atoms with Crippen LogP contribution in [-0.4, -0.2) is 45.8 Å². The van der Waals surface area contributed by atoms with Crippen molar-refractivity contribution >= 4 is 20.3 Å². The number of carbonyl (C=O) groups excluding carboxylic acids is 2. The Hall–Kier alpha value is -1.09. The van der Waals surface area contributed by atoms with Gasteiger partial charge < -0.3 is 13.9 Å². The molecule has 0 aliphatic rings. The van der Waals surface area contributed by atoms with Crippen LogP contribution in [0.3, 0.4) is 0 Å². The third-order valence-corrected chi connectivity index (χ3v) is 2.81. The third kappa shape index (κ3) is 3.93. The quantitative estimate of drug-likeness (QED) is 0.441. The van der Waals surface area contributed by atoms with Gasteiger partial charge in [-0.25, -0.2) is 9.59 Å². The smallest absolute Gasteiger partial charge is 0.438 e. The van der Waals surface area contributed by atoms with E-state index < -0.39 is 32.0 Å². The molecule has 0 aromatic heterocycles. The number of hydrogen-bond acceptors (Lipinski definition) is 5. The largest absolute Gasteiger partial charge is 0.466 e. The second kappa shape index (κ2) is 5.91. The average molecular weight is 302 g/mol. The van der Waals surface area contributed by atoms with Gasteiger partial charge in [0.15, 0.2) is 8.32 Å². The maximum absolute atomic E-state index is 13.2. The highest BCUT2D eigenvalue weighted by Crippen LogP contribution is 2.38. The van der Waals surface area contributed by atoms with Crippen LogP contribution in [0.15, 0.2) is 0 Å². The van der Waals surface area contributed by atoms with Crippen molar-refractivity contribution in [2.75, 3.05) is 13.7 Å². The van der Waals surface area contributed by atoms with Crippen LogP contribution < -0.4 is 0 Å². The van der Waals surface area contributed by atoms with Crippen molar-refractivity contribution in [3.05, 3.63) is 0 Å². The fraction of sp³-hybridized carbons (Fsp3) is 0.800. The summed E-state index contributed by atoms with van der Waals surface area (Å²) in [7, 11) is -2.15. The van der Waals surface area contributed by atoms with Crippen molar-refractivity contribution in [3.63, 3.8) is 0 Å². The highest BCUT2D eigenvalue weighted by atomic mass is 28.4. The Morgan fingerprint density at radius 3 is 1.84 bits per heavy atom. The first-order valence-electron chi connectivity index (χ1n) is 5.45. The van der Waals surface area contributed by atoms with Gasteiger partial charge in [0.05, 0.1) is 13.7 Å². The molecule has 0 aromatic carbocycles. The first kappa shape index (κ1) is 17.9. The van der Waals surface area contributed by atoms with Crippen molar-refractivity contribution in [3.8, 4) is 0 Å². The molecule has 0 N–H and O–H groups in total. The number of ether oxygens (including phenoxy) is 2. The molecule has 0 rings (SSSR count). The Morgan fingerprint density at radius 2 is 1.58 bits per heavy atom. The highest BCUT2D eigenvalue weighted by Gasteiger charge is 2.71. The topological polar surface area (TPSA) is 61.8 Å². The first-order valence-corrected chi connectivity index (χ1v) is 8.85. The summed E-state index contributed by atoms with van der Waals surface area (Å²) in [6.45, 7) is 5.24. The lowest BCUT2D eigenvalue weighted by Gasteiger charge is -2.35. The zero-order valence-corrected chi connectivity index (χ0v) is 12.4. The van der Waals surface area contributed by atoms with E-state index in [2.05, 4.69) is 9.47 Å². The monoisotopic (exact) mass is 302 g/mol. The summed E-state index contributed by atoms with van der Waals surface area (Å²) in [4.78, 5) is 23.2. The Labute approximate surface area is 110 Å². The zero-order chi connectivity index (χ0) is 15.5. The summed E-state index contributed by atoms with van der Waals surface area (Å²) in [6.07, 6.45) is -5.27. The highest BCUT2D eigenvalue weighted by molar-refractivity contribution is 6.70. The fourth-order valence-corrected chi connectivity index (χ4v) is 2.49.